The molecule has 4 heteroatoms. The highest BCUT2D eigenvalue weighted by Crippen LogP contribution is 2.16. The number of nitrogens with one attached hydrogen (secondary N) is 2. The van der Waals surface area contributed by atoms with Crippen molar-refractivity contribution in [2.24, 2.45) is 0 Å². The lowest BCUT2D eigenvalue weighted by Gasteiger charge is -2.19. The van der Waals surface area contributed by atoms with Crippen LogP contribution in [0.4, 0.5) is 0 Å². The Hall–Kier alpha value is -1.26. The van der Waals surface area contributed by atoms with E-state index in [4.69, 9.17) is 9.47 Å². The van der Waals surface area contributed by atoms with Gasteiger partial charge in [-0.2, -0.15) is 0 Å². The smallest absolute Gasteiger partial charge is 0.161 e. The van der Waals surface area contributed by atoms with Gasteiger partial charge in [-0.3, -0.25) is 0 Å². The highest BCUT2D eigenvalue weighted by atomic mass is 16.6. The zero-order chi connectivity index (χ0) is 15.3. The van der Waals surface area contributed by atoms with Crippen LogP contribution in [0.5, 0.6) is 0 Å². The van der Waals surface area contributed by atoms with Crippen LogP contribution < -0.4 is 10.6 Å². The van der Waals surface area contributed by atoms with Gasteiger partial charge in [0.1, 0.15) is 13.2 Å². The van der Waals surface area contributed by atoms with E-state index in [1.165, 1.54) is 12.8 Å². The summed E-state index contributed by atoms with van der Waals surface area (Å²) in [5.74, 6) is 1.65. The number of allylic oxidation sites excluding steroid dienone is 3. The largest absolute Gasteiger partial charge is 0.486 e. The molecule has 0 saturated carbocycles. The minimum absolute atomic E-state index is 0.438. The summed E-state index contributed by atoms with van der Waals surface area (Å²) in [7, 11) is 2.00. The number of hydrogen-bond donors (Lipinski definition) is 2. The zero-order valence-electron chi connectivity index (χ0n) is 13.7. The average Bonchev–Trinajstić information content (AvgIpc) is 2.51. The fourth-order valence-electron chi connectivity index (χ4n) is 2.08. The molecule has 1 heterocycles. The standard InChI is InChI=1S/C17H30N2O2/c1-4-6-11-19-14-15(18-3)9-7-10-17-16(8-5-2)20-12-13-21-17/h5,7-8,10,15,18-19H,4,6,9,11-14H2,1-3H3/b8-5-,10-7+. The summed E-state index contributed by atoms with van der Waals surface area (Å²) in [4.78, 5) is 0. The summed E-state index contributed by atoms with van der Waals surface area (Å²) in [6, 6.07) is 0.438. The Morgan fingerprint density at radius 2 is 1.90 bits per heavy atom. The van der Waals surface area contributed by atoms with Crippen LogP contribution in [0.2, 0.25) is 0 Å². The molecule has 1 rings (SSSR count). The molecule has 0 spiro atoms. The molecular weight excluding hydrogens is 264 g/mol. The van der Waals surface area contributed by atoms with Gasteiger partial charge < -0.3 is 20.1 Å². The van der Waals surface area contributed by atoms with Gasteiger partial charge in [-0.15, -0.1) is 0 Å². The predicted octanol–water partition coefficient (Wildman–Crippen LogP) is 2.74. The second-order valence-electron chi connectivity index (χ2n) is 5.11. The number of ether oxygens (including phenoxy) is 2. The summed E-state index contributed by atoms with van der Waals surface area (Å²) in [6.45, 7) is 7.50. The molecule has 4 nitrogen and oxygen atoms in total. The quantitative estimate of drug-likeness (QED) is 0.608. The van der Waals surface area contributed by atoms with Gasteiger partial charge in [0, 0.05) is 12.6 Å². The van der Waals surface area contributed by atoms with E-state index in [9.17, 15) is 0 Å². The van der Waals surface area contributed by atoms with E-state index < -0.39 is 0 Å². The van der Waals surface area contributed by atoms with Crippen molar-refractivity contribution in [2.75, 3.05) is 33.4 Å². The van der Waals surface area contributed by atoms with E-state index in [2.05, 4.69) is 23.6 Å². The van der Waals surface area contributed by atoms with Crippen molar-refractivity contribution in [2.45, 2.75) is 39.2 Å². The van der Waals surface area contributed by atoms with Crippen LogP contribution >= 0.6 is 0 Å². The van der Waals surface area contributed by atoms with Gasteiger partial charge in [0.15, 0.2) is 11.5 Å². The molecule has 1 atom stereocenters. The van der Waals surface area contributed by atoms with Crippen LogP contribution in [0, 0.1) is 0 Å². The molecular formula is C17H30N2O2. The second kappa shape index (κ2) is 11.4. The average molecular weight is 294 g/mol. The van der Waals surface area contributed by atoms with E-state index in [-0.39, 0.29) is 0 Å². The molecule has 0 saturated heterocycles. The van der Waals surface area contributed by atoms with Crippen LogP contribution in [-0.4, -0.2) is 39.4 Å². The van der Waals surface area contributed by atoms with Crippen molar-refractivity contribution in [3.8, 4) is 0 Å². The van der Waals surface area contributed by atoms with Gasteiger partial charge in [0.2, 0.25) is 0 Å². The van der Waals surface area contributed by atoms with E-state index >= 15 is 0 Å². The van der Waals surface area contributed by atoms with Crippen molar-refractivity contribution in [3.05, 3.63) is 35.8 Å². The van der Waals surface area contributed by atoms with Crippen LogP contribution in [0.3, 0.4) is 0 Å². The Morgan fingerprint density at radius 1 is 1.19 bits per heavy atom. The maximum atomic E-state index is 5.65. The number of hydrogen-bond acceptors (Lipinski definition) is 4. The molecule has 2 N–H and O–H groups in total. The molecule has 21 heavy (non-hydrogen) atoms. The highest BCUT2D eigenvalue weighted by Gasteiger charge is 2.10. The van der Waals surface area contributed by atoms with Gasteiger partial charge in [0.05, 0.1) is 0 Å². The maximum Gasteiger partial charge on any atom is 0.161 e. The third kappa shape index (κ3) is 7.34. The highest BCUT2D eigenvalue weighted by molar-refractivity contribution is 5.25. The number of unbranched alkanes of at least 4 members (excludes halogenated alkanes) is 1. The molecule has 1 unspecified atom stereocenters. The van der Waals surface area contributed by atoms with Gasteiger partial charge in [0.25, 0.3) is 0 Å². The molecule has 0 amide bonds. The Morgan fingerprint density at radius 3 is 2.52 bits per heavy atom. The molecule has 0 aromatic carbocycles. The summed E-state index contributed by atoms with van der Waals surface area (Å²) in [6.07, 6.45) is 11.5. The summed E-state index contributed by atoms with van der Waals surface area (Å²) >= 11 is 0. The first-order valence-electron chi connectivity index (χ1n) is 7.98. The van der Waals surface area contributed by atoms with Gasteiger partial charge in [-0.25, -0.2) is 0 Å². The zero-order valence-corrected chi connectivity index (χ0v) is 13.7. The van der Waals surface area contributed by atoms with E-state index in [1.54, 1.807) is 0 Å². The first-order valence-corrected chi connectivity index (χ1v) is 7.98. The van der Waals surface area contributed by atoms with E-state index in [1.807, 2.05) is 32.2 Å². The minimum atomic E-state index is 0.438. The molecule has 0 aromatic heterocycles. The molecule has 0 fully saturated rings. The Labute approximate surface area is 129 Å². The van der Waals surface area contributed by atoms with Crippen LogP contribution in [0.25, 0.3) is 0 Å². The lowest BCUT2D eigenvalue weighted by molar-refractivity contribution is 0.0768. The molecule has 0 radical (unpaired) electrons. The van der Waals surface area contributed by atoms with Crippen molar-refractivity contribution in [3.63, 3.8) is 0 Å². The van der Waals surface area contributed by atoms with Gasteiger partial charge >= 0.3 is 0 Å². The topological polar surface area (TPSA) is 42.5 Å². The summed E-state index contributed by atoms with van der Waals surface area (Å²) < 4.78 is 11.2. The monoisotopic (exact) mass is 294 g/mol. The van der Waals surface area contributed by atoms with Crippen molar-refractivity contribution in [1.82, 2.24) is 10.6 Å². The van der Waals surface area contributed by atoms with Crippen LogP contribution in [0.1, 0.15) is 33.1 Å². The first-order chi connectivity index (χ1) is 10.3. The molecule has 0 aliphatic carbocycles. The summed E-state index contributed by atoms with van der Waals surface area (Å²) in [5, 5.41) is 6.82. The Bertz CT molecular complexity index is 362. The molecule has 1 aliphatic heterocycles. The third-order valence-corrected chi connectivity index (χ3v) is 3.36. The normalized spacial score (nSPS) is 17.3. The molecule has 0 aromatic rings. The fourth-order valence-corrected chi connectivity index (χ4v) is 2.08. The predicted molar refractivity (Wildman–Crippen MR) is 88.1 cm³/mol. The summed E-state index contributed by atoms with van der Waals surface area (Å²) in [5.41, 5.74) is 0. The van der Waals surface area contributed by atoms with Crippen molar-refractivity contribution >= 4 is 0 Å². The van der Waals surface area contributed by atoms with E-state index in [0.29, 0.717) is 19.3 Å². The minimum Gasteiger partial charge on any atom is -0.486 e. The van der Waals surface area contributed by atoms with Gasteiger partial charge in [-0.05, 0) is 45.5 Å². The molecule has 120 valence electrons. The maximum absolute atomic E-state index is 5.65. The van der Waals surface area contributed by atoms with Crippen LogP contribution in [-0.2, 0) is 9.47 Å². The Balaban J connectivity index is 2.42. The number of likely N-dealkylation sites (N-methyl/N-ethyl adjacent to an activating group) is 1. The first kappa shape index (κ1) is 17.8. The Kier molecular flexibility index (Phi) is 9.66. The lowest BCUT2D eigenvalue weighted by atomic mass is 10.2. The van der Waals surface area contributed by atoms with Crippen molar-refractivity contribution < 1.29 is 9.47 Å². The molecule has 0 bridgehead atoms. The SMILES string of the molecule is C/C=C\C1=C(/C=C/CC(CNCCCC)NC)OCCO1. The lowest BCUT2D eigenvalue weighted by Crippen LogP contribution is -2.36. The molecule has 1 aliphatic rings. The van der Waals surface area contributed by atoms with Crippen LogP contribution in [0.15, 0.2) is 35.8 Å². The number of rotatable bonds is 10. The fraction of sp³-hybridized carbons (Fsp3) is 0.647. The van der Waals surface area contributed by atoms with Gasteiger partial charge in [-0.1, -0.05) is 25.5 Å². The van der Waals surface area contributed by atoms with E-state index in [0.717, 1.165) is 31.0 Å². The second-order valence-corrected chi connectivity index (χ2v) is 5.11. The van der Waals surface area contributed by atoms with Crippen molar-refractivity contribution in [1.29, 1.82) is 0 Å². The third-order valence-electron chi connectivity index (χ3n) is 3.36.